The maximum atomic E-state index is 12.7. The first-order valence-electron chi connectivity index (χ1n) is 11.1. The van der Waals surface area contributed by atoms with Crippen molar-refractivity contribution in [1.29, 1.82) is 0 Å². The lowest BCUT2D eigenvalue weighted by atomic mass is 10.1. The molecule has 0 radical (unpaired) electrons. The first kappa shape index (κ1) is 24.9. The highest BCUT2D eigenvalue weighted by molar-refractivity contribution is 5.97. The Morgan fingerprint density at radius 1 is 1.14 bits per heavy atom. The molecule has 2 amide bonds. The van der Waals surface area contributed by atoms with Crippen LogP contribution in [0.25, 0.3) is 11.3 Å². The Labute approximate surface area is 204 Å². The van der Waals surface area contributed by atoms with Gasteiger partial charge in [-0.05, 0) is 42.8 Å². The summed E-state index contributed by atoms with van der Waals surface area (Å²) >= 11 is 0. The van der Waals surface area contributed by atoms with Crippen molar-refractivity contribution in [2.24, 2.45) is 0 Å². The number of benzene rings is 2. The van der Waals surface area contributed by atoms with Crippen LogP contribution in [0.15, 0.2) is 54.7 Å². The van der Waals surface area contributed by atoms with Gasteiger partial charge in [0.05, 0.1) is 11.9 Å². The summed E-state index contributed by atoms with van der Waals surface area (Å²) in [6.45, 7) is 1.58. The molecule has 2 aromatic carbocycles. The molecule has 1 saturated heterocycles. The SMILES string of the molecule is Nc1ncc(-c2cccc(C(=O)NCc3ccc(OC(F)(F)F)cc3)c2)nc1C(=O)N[C@H]1CCNC1. The number of halogens is 3. The zero-order chi connectivity index (χ0) is 25.7. The summed E-state index contributed by atoms with van der Waals surface area (Å²) in [4.78, 5) is 33.8. The quantitative estimate of drug-likeness (QED) is 0.392. The Hall–Kier alpha value is -4.19. The molecule has 12 heteroatoms. The average Bonchev–Trinajstić information content (AvgIpc) is 3.36. The fourth-order valence-electron chi connectivity index (χ4n) is 3.65. The highest BCUT2D eigenvalue weighted by Gasteiger charge is 2.31. The van der Waals surface area contributed by atoms with Gasteiger partial charge in [0.15, 0.2) is 11.5 Å². The molecule has 3 aromatic rings. The molecule has 0 aliphatic carbocycles. The minimum atomic E-state index is -4.77. The van der Waals surface area contributed by atoms with E-state index in [1.807, 2.05) is 0 Å². The first-order valence-corrected chi connectivity index (χ1v) is 11.1. The molecule has 188 valence electrons. The smallest absolute Gasteiger partial charge is 0.406 e. The first-order chi connectivity index (χ1) is 17.2. The van der Waals surface area contributed by atoms with E-state index >= 15 is 0 Å². The van der Waals surface area contributed by atoms with E-state index < -0.39 is 18.2 Å². The van der Waals surface area contributed by atoms with E-state index in [1.165, 1.54) is 30.5 Å². The molecule has 1 fully saturated rings. The summed E-state index contributed by atoms with van der Waals surface area (Å²) in [6, 6.07) is 11.8. The number of anilines is 1. The normalized spacial score (nSPS) is 15.4. The number of hydrogen-bond donors (Lipinski definition) is 4. The monoisotopic (exact) mass is 500 g/mol. The molecule has 0 bridgehead atoms. The molecular weight excluding hydrogens is 477 g/mol. The molecule has 2 heterocycles. The van der Waals surface area contributed by atoms with Gasteiger partial charge in [0.25, 0.3) is 11.8 Å². The number of nitrogen functional groups attached to an aromatic ring is 1. The predicted octanol–water partition coefficient (Wildman–Crippen LogP) is 2.65. The maximum absolute atomic E-state index is 12.7. The molecule has 36 heavy (non-hydrogen) atoms. The summed E-state index contributed by atoms with van der Waals surface area (Å²) in [5, 5.41) is 8.75. The Morgan fingerprint density at radius 3 is 2.61 bits per heavy atom. The van der Waals surface area contributed by atoms with Crippen LogP contribution in [0.4, 0.5) is 19.0 Å². The van der Waals surface area contributed by atoms with Gasteiger partial charge in [0.2, 0.25) is 0 Å². The second-order valence-corrected chi connectivity index (χ2v) is 8.11. The molecule has 9 nitrogen and oxygen atoms in total. The number of aromatic nitrogens is 2. The van der Waals surface area contributed by atoms with Crippen LogP contribution in [-0.2, 0) is 6.54 Å². The van der Waals surface area contributed by atoms with Crippen molar-refractivity contribution in [3.63, 3.8) is 0 Å². The number of carbonyl (C=O) groups excluding carboxylic acids is 2. The van der Waals surface area contributed by atoms with E-state index in [1.54, 1.807) is 24.3 Å². The number of amides is 2. The largest absolute Gasteiger partial charge is 0.573 e. The number of nitrogens with two attached hydrogens (primary N) is 1. The third-order valence-corrected chi connectivity index (χ3v) is 5.44. The van der Waals surface area contributed by atoms with Crippen molar-refractivity contribution in [2.45, 2.75) is 25.4 Å². The van der Waals surface area contributed by atoms with Crippen molar-refractivity contribution >= 4 is 17.6 Å². The molecule has 1 aliphatic heterocycles. The molecule has 1 atom stereocenters. The molecule has 0 unspecified atom stereocenters. The van der Waals surface area contributed by atoms with Crippen LogP contribution in [0.5, 0.6) is 5.75 Å². The number of nitrogens with zero attached hydrogens (tertiary/aromatic N) is 2. The minimum absolute atomic E-state index is 0.00255. The molecular formula is C24H23F3N6O3. The molecule has 4 rings (SSSR count). The highest BCUT2D eigenvalue weighted by Crippen LogP contribution is 2.23. The molecule has 0 spiro atoms. The summed E-state index contributed by atoms with van der Waals surface area (Å²) in [7, 11) is 0. The lowest BCUT2D eigenvalue weighted by Gasteiger charge is -2.13. The Kier molecular flexibility index (Phi) is 7.34. The number of hydrogen-bond acceptors (Lipinski definition) is 7. The topological polar surface area (TPSA) is 131 Å². The van der Waals surface area contributed by atoms with Crippen LogP contribution in [0.3, 0.4) is 0 Å². The Morgan fingerprint density at radius 2 is 1.92 bits per heavy atom. The van der Waals surface area contributed by atoms with Crippen LogP contribution in [0.2, 0.25) is 0 Å². The van der Waals surface area contributed by atoms with E-state index in [2.05, 4.69) is 30.7 Å². The number of carbonyl (C=O) groups is 2. The second kappa shape index (κ2) is 10.6. The number of ether oxygens (including phenoxy) is 1. The number of nitrogens with one attached hydrogen (secondary N) is 3. The molecule has 1 aromatic heterocycles. The van der Waals surface area contributed by atoms with Gasteiger partial charge in [0, 0.05) is 30.3 Å². The molecule has 5 N–H and O–H groups in total. The fourth-order valence-corrected chi connectivity index (χ4v) is 3.65. The van der Waals surface area contributed by atoms with Gasteiger partial charge < -0.3 is 26.4 Å². The van der Waals surface area contributed by atoms with Gasteiger partial charge >= 0.3 is 6.36 Å². The van der Waals surface area contributed by atoms with E-state index in [-0.39, 0.29) is 29.8 Å². The van der Waals surface area contributed by atoms with Gasteiger partial charge in [0.1, 0.15) is 5.75 Å². The van der Waals surface area contributed by atoms with Gasteiger partial charge in [-0.2, -0.15) is 0 Å². The van der Waals surface area contributed by atoms with Gasteiger partial charge in [-0.1, -0.05) is 24.3 Å². The molecule has 0 saturated carbocycles. The van der Waals surface area contributed by atoms with Crippen molar-refractivity contribution in [3.05, 3.63) is 71.5 Å². The van der Waals surface area contributed by atoms with Gasteiger partial charge in [-0.3, -0.25) is 9.59 Å². The van der Waals surface area contributed by atoms with Gasteiger partial charge in [-0.15, -0.1) is 13.2 Å². The zero-order valence-corrected chi connectivity index (χ0v) is 18.9. The third-order valence-electron chi connectivity index (χ3n) is 5.44. The van der Waals surface area contributed by atoms with Crippen molar-refractivity contribution in [1.82, 2.24) is 25.9 Å². The lowest BCUT2D eigenvalue weighted by molar-refractivity contribution is -0.274. The van der Waals surface area contributed by atoms with Crippen LogP contribution in [0.1, 0.15) is 32.8 Å². The van der Waals surface area contributed by atoms with E-state index in [9.17, 15) is 22.8 Å². The van der Waals surface area contributed by atoms with Gasteiger partial charge in [-0.25, -0.2) is 9.97 Å². The summed E-state index contributed by atoms with van der Waals surface area (Å²) in [5.74, 6) is -1.16. The van der Waals surface area contributed by atoms with Crippen molar-refractivity contribution in [2.75, 3.05) is 18.8 Å². The predicted molar refractivity (Wildman–Crippen MR) is 125 cm³/mol. The van der Waals surface area contributed by atoms with Crippen molar-refractivity contribution < 1.29 is 27.5 Å². The second-order valence-electron chi connectivity index (χ2n) is 8.11. The van der Waals surface area contributed by atoms with Crippen LogP contribution in [0, 0.1) is 0 Å². The third kappa shape index (κ3) is 6.48. The van der Waals surface area contributed by atoms with Crippen LogP contribution >= 0.6 is 0 Å². The van der Waals surface area contributed by atoms with Crippen LogP contribution in [-0.4, -0.2) is 47.3 Å². The average molecular weight is 500 g/mol. The van der Waals surface area contributed by atoms with E-state index in [0.29, 0.717) is 28.9 Å². The lowest BCUT2D eigenvalue weighted by Crippen LogP contribution is -2.37. The highest BCUT2D eigenvalue weighted by atomic mass is 19.4. The molecule has 1 aliphatic rings. The fraction of sp³-hybridized carbons (Fsp3) is 0.250. The van der Waals surface area contributed by atoms with Crippen molar-refractivity contribution in [3.8, 4) is 17.0 Å². The Balaban J connectivity index is 1.42. The van der Waals surface area contributed by atoms with Crippen LogP contribution < -0.4 is 26.4 Å². The minimum Gasteiger partial charge on any atom is -0.406 e. The Bertz CT molecular complexity index is 1240. The summed E-state index contributed by atoms with van der Waals surface area (Å²) in [5.41, 5.74) is 7.72. The standard InChI is InChI=1S/C24H23F3N6O3/c25-24(26,27)36-18-6-4-14(5-7-18)11-31-22(34)16-3-1-2-15(10-16)19-13-30-21(28)20(33-19)23(35)32-17-8-9-29-12-17/h1-7,10,13,17,29H,8-9,11-12H2,(H2,28,30)(H,31,34)(H,32,35)/t17-/m0/s1. The summed E-state index contributed by atoms with van der Waals surface area (Å²) < 4.78 is 40.7. The van der Waals surface area contributed by atoms with E-state index in [4.69, 9.17) is 5.73 Å². The maximum Gasteiger partial charge on any atom is 0.573 e. The number of alkyl halides is 3. The summed E-state index contributed by atoms with van der Waals surface area (Å²) in [6.07, 6.45) is -2.54. The number of rotatable bonds is 7. The van der Waals surface area contributed by atoms with E-state index in [0.717, 1.165) is 13.0 Å². The zero-order valence-electron chi connectivity index (χ0n) is 18.9.